The number of aromatic nitrogens is 2. The molecule has 254 valence electrons. The van der Waals surface area contributed by atoms with Crippen molar-refractivity contribution in [2.24, 2.45) is 0 Å². The molecule has 0 unspecified atom stereocenters. The summed E-state index contributed by atoms with van der Waals surface area (Å²) in [7, 11) is 0. The van der Waals surface area contributed by atoms with Crippen molar-refractivity contribution >= 4 is 88.6 Å². The Bertz CT molecular complexity index is 3150. The topological polar surface area (TPSA) is 32.4 Å². The first-order valence-electron chi connectivity index (χ1n) is 18.2. The number of anilines is 6. The monoisotopic (exact) mass is 692 g/mol. The minimum Gasteiger partial charge on any atom is -0.310 e. The van der Waals surface area contributed by atoms with E-state index in [0.717, 1.165) is 83.3 Å². The van der Waals surface area contributed by atoms with Gasteiger partial charge in [0.15, 0.2) is 0 Å². The Labute approximate surface area is 310 Å². The molecular weight excluding hydrogens is 661 g/mol. The molecule has 0 spiro atoms. The lowest BCUT2D eigenvalue weighted by atomic mass is 10.1. The summed E-state index contributed by atoms with van der Waals surface area (Å²) in [6, 6.07) is 67.6. The minimum atomic E-state index is -0.0263. The van der Waals surface area contributed by atoms with Gasteiger partial charge in [-0.25, -0.2) is 0 Å². The molecule has 0 saturated heterocycles. The Hall–Kier alpha value is -7.37. The molecule has 0 aliphatic rings. The highest BCUT2D eigenvalue weighted by atomic mass is 16.1. The molecule has 11 rings (SSSR count). The molecule has 0 aliphatic carbocycles. The number of benzene rings is 8. The van der Waals surface area contributed by atoms with Crippen LogP contribution in [0, 0.1) is 0 Å². The molecule has 11 aromatic rings. The van der Waals surface area contributed by atoms with Gasteiger partial charge in [-0.3, -0.25) is 9.20 Å². The average Bonchev–Trinajstić information content (AvgIpc) is 3.71. The van der Waals surface area contributed by atoms with Crippen LogP contribution in [0.15, 0.2) is 199 Å². The largest absolute Gasteiger partial charge is 0.310 e. The number of fused-ring (bicyclic) bond motifs is 8. The lowest BCUT2D eigenvalue weighted by Gasteiger charge is -2.25. The first-order chi connectivity index (χ1) is 26.7. The number of hydrogen-bond donors (Lipinski definition) is 0. The van der Waals surface area contributed by atoms with E-state index in [9.17, 15) is 4.79 Å². The standard InChI is InChI=1S/C49H32N4O/c54-49-41-23-13-14-24-44(41)52-45-29-25-37(50(33-15-5-1-6-16-33)34-17-7-2-8-18-34)31-42(45)39-27-28-40-43-32-38(26-30-46(43)53(49)48(40)47(39)52)51(35-19-9-3-10-20-35)36-21-11-4-12-22-36/h1-32H. The van der Waals surface area contributed by atoms with Gasteiger partial charge in [0.2, 0.25) is 0 Å². The molecule has 0 fully saturated rings. The summed E-state index contributed by atoms with van der Waals surface area (Å²) in [6.45, 7) is 0. The number of nitrogens with zero attached hydrogens (tertiary/aromatic N) is 4. The fourth-order valence-corrected chi connectivity index (χ4v) is 8.49. The van der Waals surface area contributed by atoms with E-state index in [0.29, 0.717) is 5.39 Å². The van der Waals surface area contributed by atoms with Crippen LogP contribution in [0.4, 0.5) is 34.1 Å². The molecule has 0 amide bonds. The maximum atomic E-state index is 14.8. The fourth-order valence-electron chi connectivity index (χ4n) is 8.49. The quantitative estimate of drug-likeness (QED) is 0.174. The first-order valence-corrected chi connectivity index (χ1v) is 18.2. The molecule has 0 atom stereocenters. The summed E-state index contributed by atoms with van der Waals surface area (Å²) in [5.74, 6) is 0. The van der Waals surface area contributed by atoms with Gasteiger partial charge in [0.05, 0.1) is 33.0 Å². The van der Waals surface area contributed by atoms with E-state index >= 15 is 0 Å². The predicted molar refractivity (Wildman–Crippen MR) is 225 cm³/mol. The summed E-state index contributed by atoms with van der Waals surface area (Å²) in [5, 5.41) is 4.98. The lowest BCUT2D eigenvalue weighted by molar-refractivity contribution is 1.21. The molecule has 54 heavy (non-hydrogen) atoms. The van der Waals surface area contributed by atoms with E-state index in [1.165, 1.54) is 0 Å². The highest BCUT2D eigenvalue weighted by Gasteiger charge is 2.23. The van der Waals surface area contributed by atoms with Crippen molar-refractivity contribution in [2.45, 2.75) is 0 Å². The van der Waals surface area contributed by atoms with Crippen LogP contribution in [-0.2, 0) is 0 Å². The van der Waals surface area contributed by atoms with Gasteiger partial charge in [-0.1, -0.05) is 97.1 Å². The van der Waals surface area contributed by atoms with Crippen molar-refractivity contribution in [3.63, 3.8) is 0 Å². The summed E-state index contributed by atoms with van der Waals surface area (Å²) in [5.41, 5.74) is 11.2. The van der Waals surface area contributed by atoms with E-state index in [-0.39, 0.29) is 5.56 Å². The second-order valence-electron chi connectivity index (χ2n) is 13.8. The fraction of sp³-hybridized carbons (Fsp3) is 0. The van der Waals surface area contributed by atoms with Gasteiger partial charge in [0.25, 0.3) is 5.56 Å². The van der Waals surface area contributed by atoms with Crippen LogP contribution in [-0.4, -0.2) is 8.80 Å². The SMILES string of the molecule is O=c1c2ccccc2n2c3ccc(N(c4ccccc4)c4ccccc4)cc3c3ccc4c5cc(N(c6ccccc6)c6ccccc6)ccc5n1c4c32. The zero-order valence-electron chi connectivity index (χ0n) is 29.2. The Morgan fingerprint density at radius 3 is 1.13 bits per heavy atom. The summed E-state index contributed by atoms with van der Waals surface area (Å²) < 4.78 is 4.26. The smallest absolute Gasteiger partial charge is 0.265 e. The van der Waals surface area contributed by atoms with Crippen molar-refractivity contribution in [1.29, 1.82) is 0 Å². The highest BCUT2D eigenvalue weighted by Crippen LogP contribution is 2.44. The van der Waals surface area contributed by atoms with Crippen LogP contribution < -0.4 is 15.4 Å². The van der Waals surface area contributed by atoms with Crippen molar-refractivity contribution in [3.8, 4) is 0 Å². The van der Waals surface area contributed by atoms with E-state index in [1.54, 1.807) is 0 Å². The predicted octanol–water partition coefficient (Wildman–Crippen LogP) is 12.5. The van der Waals surface area contributed by atoms with Gasteiger partial charge >= 0.3 is 0 Å². The molecule has 0 N–H and O–H groups in total. The van der Waals surface area contributed by atoms with Crippen molar-refractivity contribution in [2.75, 3.05) is 9.80 Å². The van der Waals surface area contributed by atoms with Gasteiger partial charge in [-0.2, -0.15) is 0 Å². The van der Waals surface area contributed by atoms with E-state index < -0.39 is 0 Å². The van der Waals surface area contributed by atoms with Gasteiger partial charge in [-0.15, -0.1) is 0 Å². The third-order valence-electron chi connectivity index (χ3n) is 10.8. The Balaban J connectivity index is 1.23. The summed E-state index contributed by atoms with van der Waals surface area (Å²) in [6.07, 6.45) is 0. The maximum Gasteiger partial charge on any atom is 0.265 e. The maximum absolute atomic E-state index is 14.8. The summed E-state index contributed by atoms with van der Waals surface area (Å²) >= 11 is 0. The number of rotatable bonds is 6. The van der Waals surface area contributed by atoms with Crippen LogP contribution in [0.25, 0.3) is 54.5 Å². The Kier molecular flexibility index (Phi) is 6.64. The first kappa shape index (κ1) is 30.3. The van der Waals surface area contributed by atoms with Gasteiger partial charge in [-0.05, 0) is 97.1 Å². The highest BCUT2D eigenvalue weighted by molar-refractivity contribution is 6.24. The van der Waals surface area contributed by atoms with Crippen molar-refractivity contribution in [1.82, 2.24) is 8.80 Å². The molecule has 5 heteroatoms. The molecule has 0 aliphatic heterocycles. The van der Waals surface area contributed by atoms with Crippen LogP contribution in [0.3, 0.4) is 0 Å². The third-order valence-corrected chi connectivity index (χ3v) is 10.8. The molecule has 8 aromatic carbocycles. The molecule has 0 saturated carbocycles. The van der Waals surface area contributed by atoms with Gasteiger partial charge in [0.1, 0.15) is 0 Å². The van der Waals surface area contributed by atoms with E-state index in [2.05, 4.69) is 178 Å². The zero-order chi connectivity index (χ0) is 35.8. The van der Waals surface area contributed by atoms with Crippen LogP contribution >= 0.6 is 0 Å². The number of hydrogen-bond acceptors (Lipinski definition) is 3. The van der Waals surface area contributed by atoms with E-state index in [4.69, 9.17) is 0 Å². The van der Waals surface area contributed by atoms with E-state index in [1.807, 2.05) is 34.7 Å². The van der Waals surface area contributed by atoms with Gasteiger partial charge < -0.3 is 14.2 Å². The third kappa shape index (κ3) is 4.42. The lowest BCUT2D eigenvalue weighted by Crippen LogP contribution is -2.11. The van der Waals surface area contributed by atoms with Crippen LogP contribution in [0.2, 0.25) is 0 Å². The molecular formula is C49H32N4O. The normalized spacial score (nSPS) is 11.8. The van der Waals surface area contributed by atoms with Crippen LogP contribution in [0.1, 0.15) is 0 Å². The van der Waals surface area contributed by atoms with Gasteiger partial charge in [0, 0.05) is 55.7 Å². The second kappa shape index (κ2) is 11.8. The summed E-state index contributed by atoms with van der Waals surface area (Å²) in [4.78, 5) is 19.4. The number of para-hydroxylation sites is 5. The zero-order valence-corrected chi connectivity index (χ0v) is 29.2. The second-order valence-corrected chi connectivity index (χ2v) is 13.8. The molecule has 3 heterocycles. The average molecular weight is 693 g/mol. The minimum absolute atomic E-state index is 0.0263. The van der Waals surface area contributed by atoms with Crippen LogP contribution in [0.5, 0.6) is 0 Å². The van der Waals surface area contributed by atoms with Crippen molar-refractivity contribution in [3.05, 3.63) is 204 Å². The molecule has 0 bridgehead atoms. The molecule has 3 aromatic heterocycles. The Morgan fingerprint density at radius 1 is 0.296 bits per heavy atom. The molecule has 0 radical (unpaired) electrons. The van der Waals surface area contributed by atoms with Crippen molar-refractivity contribution < 1.29 is 0 Å². The Morgan fingerprint density at radius 2 is 0.667 bits per heavy atom. The molecule has 5 nitrogen and oxygen atoms in total.